The molecule has 0 aromatic carbocycles. The number of methoxy groups -OCH3 is 1. The Morgan fingerprint density at radius 2 is 2.13 bits per heavy atom. The Labute approximate surface area is 135 Å². The molecule has 0 radical (unpaired) electrons. The molecule has 1 aliphatic carbocycles. The lowest BCUT2D eigenvalue weighted by atomic mass is 9.85. The van der Waals surface area contributed by atoms with Gasteiger partial charge in [-0.15, -0.1) is 0 Å². The van der Waals surface area contributed by atoms with E-state index in [-0.39, 0.29) is 30.8 Å². The molecule has 0 atom stereocenters. The number of alkyl halides is 2. The van der Waals surface area contributed by atoms with Crippen LogP contribution in [0, 0.1) is 5.92 Å². The van der Waals surface area contributed by atoms with Gasteiger partial charge in [0.15, 0.2) is 0 Å². The van der Waals surface area contributed by atoms with Crippen LogP contribution in [-0.4, -0.2) is 35.2 Å². The van der Waals surface area contributed by atoms with Gasteiger partial charge in [0.05, 0.1) is 12.8 Å². The maximum Gasteiger partial charge on any atom is 0.329 e. The van der Waals surface area contributed by atoms with E-state index < -0.39 is 5.92 Å². The number of ether oxygens (including phenoxy) is 1. The molecule has 0 saturated heterocycles. The summed E-state index contributed by atoms with van der Waals surface area (Å²) in [4.78, 5) is 16.5. The predicted molar refractivity (Wildman–Crippen MR) is 83.2 cm³/mol. The third kappa shape index (κ3) is 4.65. The van der Waals surface area contributed by atoms with Crippen LogP contribution in [0.1, 0.15) is 57.6 Å². The number of imidazole rings is 1. The second-order valence-electron chi connectivity index (χ2n) is 6.57. The fourth-order valence-electron chi connectivity index (χ4n) is 2.76. The van der Waals surface area contributed by atoms with Crippen LogP contribution >= 0.6 is 0 Å². The van der Waals surface area contributed by atoms with Gasteiger partial charge in [0, 0.05) is 31.5 Å². The van der Waals surface area contributed by atoms with E-state index >= 15 is 0 Å². The molecule has 1 aromatic heterocycles. The topological polar surface area (TPSA) is 56.2 Å². The summed E-state index contributed by atoms with van der Waals surface area (Å²) >= 11 is 0. The molecule has 1 aliphatic rings. The highest BCUT2D eigenvalue weighted by molar-refractivity contribution is 5.78. The van der Waals surface area contributed by atoms with Gasteiger partial charge in [-0.3, -0.25) is 0 Å². The number of carbonyl (C=O) groups is 1. The summed E-state index contributed by atoms with van der Waals surface area (Å²) in [5.41, 5.74) is 0.649. The lowest BCUT2D eigenvalue weighted by Crippen LogP contribution is -2.30. The highest BCUT2D eigenvalue weighted by Crippen LogP contribution is 2.40. The molecule has 1 aromatic rings. The normalized spacial score (nSPS) is 18.2. The molecule has 0 bridgehead atoms. The van der Waals surface area contributed by atoms with E-state index in [4.69, 9.17) is 4.74 Å². The SMILES string of the molecule is COc1nc(C2CCC(F)(F)CC2)cn1C(=O)NCCC(C)C. The van der Waals surface area contributed by atoms with Gasteiger partial charge < -0.3 is 10.1 Å². The van der Waals surface area contributed by atoms with Crippen molar-refractivity contribution in [3.8, 4) is 6.01 Å². The number of hydrogen-bond donors (Lipinski definition) is 1. The molecule has 1 N–H and O–H groups in total. The van der Waals surface area contributed by atoms with E-state index in [1.807, 2.05) is 0 Å². The number of nitrogens with one attached hydrogen (secondary N) is 1. The van der Waals surface area contributed by atoms with E-state index in [9.17, 15) is 13.6 Å². The van der Waals surface area contributed by atoms with E-state index in [1.165, 1.54) is 11.7 Å². The molecule has 23 heavy (non-hydrogen) atoms. The molecule has 0 unspecified atom stereocenters. The number of hydrogen-bond acceptors (Lipinski definition) is 3. The third-order valence-corrected chi connectivity index (χ3v) is 4.23. The van der Waals surface area contributed by atoms with Crippen LogP contribution in [0.4, 0.5) is 13.6 Å². The van der Waals surface area contributed by atoms with E-state index in [1.54, 1.807) is 6.20 Å². The Kier molecular flexibility index (Phi) is 5.59. The van der Waals surface area contributed by atoms with Crippen molar-refractivity contribution in [3.63, 3.8) is 0 Å². The quantitative estimate of drug-likeness (QED) is 0.894. The Balaban J connectivity index is 2.04. The first-order chi connectivity index (χ1) is 10.8. The van der Waals surface area contributed by atoms with Crippen LogP contribution < -0.4 is 10.1 Å². The smallest absolute Gasteiger partial charge is 0.329 e. The van der Waals surface area contributed by atoms with Gasteiger partial charge in [-0.25, -0.2) is 18.1 Å². The van der Waals surface area contributed by atoms with E-state index in [0.717, 1.165) is 6.42 Å². The number of carbonyl (C=O) groups excluding carboxylic acids is 1. The molecule has 1 amide bonds. The summed E-state index contributed by atoms with van der Waals surface area (Å²) in [6, 6.07) is -0.109. The Morgan fingerprint density at radius 1 is 1.48 bits per heavy atom. The predicted octanol–water partition coefficient (Wildman–Crippen LogP) is 3.79. The first kappa shape index (κ1) is 17.7. The average Bonchev–Trinajstić information content (AvgIpc) is 2.91. The average molecular weight is 329 g/mol. The summed E-state index contributed by atoms with van der Waals surface area (Å²) in [7, 11) is 1.44. The number of aromatic nitrogens is 2. The molecule has 0 spiro atoms. The molecule has 7 heteroatoms. The van der Waals surface area contributed by atoms with Crippen molar-refractivity contribution in [3.05, 3.63) is 11.9 Å². The van der Waals surface area contributed by atoms with Crippen molar-refractivity contribution in [2.24, 2.45) is 5.92 Å². The molecule has 130 valence electrons. The van der Waals surface area contributed by atoms with Crippen molar-refractivity contribution in [2.45, 2.75) is 57.8 Å². The summed E-state index contributed by atoms with van der Waals surface area (Å²) < 4.78 is 33.0. The number of nitrogens with zero attached hydrogens (tertiary/aromatic N) is 2. The van der Waals surface area contributed by atoms with Crippen LogP contribution in [0.2, 0.25) is 0 Å². The summed E-state index contributed by atoms with van der Waals surface area (Å²) in [6.07, 6.45) is 2.98. The van der Waals surface area contributed by atoms with Crippen LogP contribution in [0.25, 0.3) is 0 Å². The Hall–Kier alpha value is -1.66. The largest absolute Gasteiger partial charge is 0.468 e. The van der Waals surface area contributed by atoms with Gasteiger partial charge in [0.1, 0.15) is 0 Å². The van der Waals surface area contributed by atoms with Crippen LogP contribution in [0.3, 0.4) is 0 Å². The van der Waals surface area contributed by atoms with Crippen LogP contribution in [0.5, 0.6) is 6.01 Å². The van der Waals surface area contributed by atoms with Crippen molar-refractivity contribution in [2.75, 3.05) is 13.7 Å². The lowest BCUT2D eigenvalue weighted by Gasteiger charge is -2.26. The minimum Gasteiger partial charge on any atom is -0.468 e. The standard InChI is InChI=1S/C16H25F2N3O2/c1-11(2)6-9-19-14(22)21-10-13(20-15(21)23-3)12-4-7-16(17,18)8-5-12/h10-12H,4-9H2,1-3H3,(H,19,22). The van der Waals surface area contributed by atoms with E-state index in [2.05, 4.69) is 24.1 Å². The van der Waals surface area contributed by atoms with Crippen LogP contribution in [0.15, 0.2) is 6.20 Å². The number of rotatable bonds is 5. The maximum atomic E-state index is 13.3. The Bertz CT molecular complexity index is 533. The maximum absolute atomic E-state index is 13.3. The first-order valence-electron chi connectivity index (χ1n) is 8.11. The van der Waals surface area contributed by atoms with Crippen molar-refractivity contribution in [1.82, 2.24) is 14.9 Å². The second-order valence-corrected chi connectivity index (χ2v) is 6.57. The minimum absolute atomic E-state index is 0.0479. The molecular weight excluding hydrogens is 304 g/mol. The zero-order valence-corrected chi connectivity index (χ0v) is 13.9. The van der Waals surface area contributed by atoms with Crippen LogP contribution in [-0.2, 0) is 0 Å². The highest BCUT2D eigenvalue weighted by Gasteiger charge is 2.36. The third-order valence-electron chi connectivity index (χ3n) is 4.23. The van der Waals surface area contributed by atoms with Gasteiger partial charge in [-0.05, 0) is 25.2 Å². The van der Waals surface area contributed by atoms with E-state index in [0.29, 0.717) is 31.0 Å². The van der Waals surface area contributed by atoms with Crippen molar-refractivity contribution < 1.29 is 18.3 Å². The monoisotopic (exact) mass is 329 g/mol. The number of halogens is 2. The van der Waals surface area contributed by atoms with Gasteiger partial charge in [-0.1, -0.05) is 13.8 Å². The Morgan fingerprint density at radius 3 is 2.70 bits per heavy atom. The van der Waals surface area contributed by atoms with Crippen molar-refractivity contribution >= 4 is 6.03 Å². The lowest BCUT2D eigenvalue weighted by molar-refractivity contribution is -0.0384. The molecule has 5 nitrogen and oxygen atoms in total. The molecule has 1 saturated carbocycles. The second kappa shape index (κ2) is 7.27. The first-order valence-corrected chi connectivity index (χ1v) is 8.11. The minimum atomic E-state index is -2.57. The van der Waals surface area contributed by atoms with Gasteiger partial charge >= 0.3 is 12.0 Å². The summed E-state index contributed by atoms with van der Waals surface area (Å²) in [5.74, 6) is -2.12. The van der Waals surface area contributed by atoms with Gasteiger partial charge in [-0.2, -0.15) is 4.98 Å². The molecule has 1 heterocycles. The fraction of sp³-hybridized carbons (Fsp3) is 0.750. The fourth-order valence-corrected chi connectivity index (χ4v) is 2.76. The zero-order valence-electron chi connectivity index (χ0n) is 13.9. The van der Waals surface area contributed by atoms with Crippen molar-refractivity contribution in [1.29, 1.82) is 0 Å². The molecular formula is C16H25F2N3O2. The molecule has 1 fully saturated rings. The van der Waals surface area contributed by atoms with Gasteiger partial charge in [0.2, 0.25) is 5.92 Å². The zero-order chi connectivity index (χ0) is 17.0. The number of amides is 1. The summed E-state index contributed by atoms with van der Waals surface area (Å²) in [5, 5.41) is 2.82. The molecule has 0 aliphatic heterocycles. The highest BCUT2D eigenvalue weighted by atomic mass is 19.3. The molecule has 2 rings (SSSR count). The van der Waals surface area contributed by atoms with Gasteiger partial charge in [0.25, 0.3) is 0 Å². The summed E-state index contributed by atoms with van der Waals surface area (Å²) in [6.45, 7) is 4.74.